The topological polar surface area (TPSA) is 38.3 Å². The Morgan fingerprint density at radius 1 is 1.50 bits per heavy atom. The Balaban J connectivity index is 1.79. The highest BCUT2D eigenvalue weighted by Crippen LogP contribution is 2.30. The number of carbonyl (C=O) groups excluding carboxylic acids is 1. The molecule has 1 amide bonds. The third-order valence-electron chi connectivity index (χ3n) is 3.79. The van der Waals surface area contributed by atoms with E-state index < -0.39 is 5.60 Å². The van der Waals surface area contributed by atoms with Gasteiger partial charge in [0.15, 0.2) is 0 Å². The van der Waals surface area contributed by atoms with Crippen molar-refractivity contribution in [3.8, 4) is 0 Å². The Bertz CT molecular complexity index is 264. The van der Waals surface area contributed by atoms with Gasteiger partial charge in [-0.1, -0.05) is 6.42 Å². The highest BCUT2D eigenvalue weighted by Gasteiger charge is 2.38. The van der Waals surface area contributed by atoms with Gasteiger partial charge in [0, 0.05) is 18.5 Å². The summed E-state index contributed by atoms with van der Waals surface area (Å²) in [4.78, 5) is 12.0. The van der Waals surface area contributed by atoms with Gasteiger partial charge in [0.25, 0.3) is 5.91 Å². The van der Waals surface area contributed by atoms with Gasteiger partial charge in [-0.2, -0.15) is 0 Å². The second-order valence-electron chi connectivity index (χ2n) is 5.10. The number of alkyl halides is 1. The van der Waals surface area contributed by atoms with E-state index in [0.717, 1.165) is 25.7 Å². The van der Waals surface area contributed by atoms with Crippen molar-refractivity contribution in [3.63, 3.8) is 0 Å². The third kappa shape index (κ3) is 2.51. The molecule has 1 aliphatic carbocycles. The monoisotopic (exact) mass is 245 g/mol. The van der Waals surface area contributed by atoms with Gasteiger partial charge < -0.3 is 10.1 Å². The first-order chi connectivity index (χ1) is 7.62. The van der Waals surface area contributed by atoms with Gasteiger partial charge >= 0.3 is 0 Å². The van der Waals surface area contributed by atoms with Crippen molar-refractivity contribution in [1.29, 1.82) is 0 Å². The molecule has 0 aromatic rings. The van der Waals surface area contributed by atoms with Crippen LogP contribution in [0.1, 0.15) is 39.0 Å². The Morgan fingerprint density at radius 2 is 2.31 bits per heavy atom. The molecule has 2 fully saturated rings. The first kappa shape index (κ1) is 12.2. The van der Waals surface area contributed by atoms with Crippen molar-refractivity contribution in [2.24, 2.45) is 5.92 Å². The van der Waals surface area contributed by atoms with E-state index in [9.17, 15) is 4.79 Å². The lowest BCUT2D eigenvalue weighted by molar-refractivity contribution is -0.139. The minimum Gasteiger partial charge on any atom is -0.365 e. The molecule has 3 atom stereocenters. The van der Waals surface area contributed by atoms with Crippen molar-refractivity contribution in [2.45, 2.75) is 50.0 Å². The van der Waals surface area contributed by atoms with E-state index in [-0.39, 0.29) is 11.3 Å². The quantitative estimate of drug-likeness (QED) is 0.774. The van der Waals surface area contributed by atoms with E-state index in [1.54, 1.807) is 0 Å². The molecule has 0 radical (unpaired) electrons. The molecule has 92 valence electrons. The lowest BCUT2D eigenvalue weighted by Gasteiger charge is -2.23. The van der Waals surface area contributed by atoms with Crippen LogP contribution in [0.4, 0.5) is 0 Å². The number of ether oxygens (including phenoxy) is 1. The second-order valence-corrected chi connectivity index (χ2v) is 5.66. The predicted molar refractivity (Wildman–Crippen MR) is 63.6 cm³/mol. The molecule has 1 saturated carbocycles. The summed E-state index contributed by atoms with van der Waals surface area (Å²) in [6.45, 7) is 3.28. The minimum atomic E-state index is -0.597. The molecule has 3 nitrogen and oxygen atoms in total. The van der Waals surface area contributed by atoms with Gasteiger partial charge in [0.2, 0.25) is 0 Å². The summed E-state index contributed by atoms with van der Waals surface area (Å²) in [5.41, 5.74) is -0.597. The number of nitrogens with one attached hydrogen (secondary N) is 1. The number of carbonyl (C=O) groups is 1. The standard InChI is InChI=1S/C12H20ClNO2/c1-12(6-3-7-16-12)11(15)14-8-9-4-2-5-10(9)13/h9-10H,2-8H2,1H3,(H,14,15). The summed E-state index contributed by atoms with van der Waals surface area (Å²) in [7, 11) is 0. The van der Waals surface area contributed by atoms with Crippen molar-refractivity contribution >= 4 is 17.5 Å². The van der Waals surface area contributed by atoms with Crippen LogP contribution in [0.25, 0.3) is 0 Å². The average Bonchev–Trinajstić information content (AvgIpc) is 2.85. The van der Waals surface area contributed by atoms with E-state index in [1.165, 1.54) is 6.42 Å². The SMILES string of the molecule is CC1(C(=O)NCC2CCCC2Cl)CCCO1. The molecule has 1 aliphatic heterocycles. The first-order valence-corrected chi connectivity index (χ1v) is 6.62. The smallest absolute Gasteiger partial charge is 0.251 e. The van der Waals surface area contributed by atoms with E-state index in [0.29, 0.717) is 19.1 Å². The maximum Gasteiger partial charge on any atom is 0.251 e. The number of rotatable bonds is 3. The molecule has 4 heteroatoms. The maximum atomic E-state index is 12.0. The highest BCUT2D eigenvalue weighted by molar-refractivity contribution is 6.21. The predicted octanol–water partition coefficient (Wildman–Crippen LogP) is 2.08. The van der Waals surface area contributed by atoms with Crippen LogP contribution < -0.4 is 5.32 Å². The van der Waals surface area contributed by atoms with Gasteiger partial charge in [-0.15, -0.1) is 11.6 Å². The lowest BCUT2D eigenvalue weighted by atomic mass is 10.0. The molecule has 1 heterocycles. The summed E-state index contributed by atoms with van der Waals surface area (Å²) in [5.74, 6) is 0.469. The first-order valence-electron chi connectivity index (χ1n) is 6.18. The molecule has 0 aromatic heterocycles. The van der Waals surface area contributed by atoms with Crippen LogP contribution in [0.15, 0.2) is 0 Å². The normalized spacial score (nSPS) is 38.9. The fraction of sp³-hybridized carbons (Fsp3) is 0.917. The maximum absolute atomic E-state index is 12.0. The zero-order valence-corrected chi connectivity index (χ0v) is 10.6. The van der Waals surface area contributed by atoms with Crippen LogP contribution in [0.2, 0.25) is 0 Å². The Hall–Kier alpha value is -0.280. The molecule has 3 unspecified atom stereocenters. The fourth-order valence-electron chi connectivity index (χ4n) is 2.59. The molecule has 1 saturated heterocycles. The van der Waals surface area contributed by atoms with Crippen LogP contribution in [0.5, 0.6) is 0 Å². The second kappa shape index (κ2) is 4.92. The minimum absolute atomic E-state index is 0.0285. The van der Waals surface area contributed by atoms with Crippen molar-refractivity contribution < 1.29 is 9.53 Å². The van der Waals surface area contributed by atoms with Gasteiger partial charge in [-0.3, -0.25) is 4.79 Å². The summed E-state index contributed by atoms with van der Waals surface area (Å²) >= 11 is 6.17. The molecule has 0 aromatic carbocycles. The number of hydrogen-bond donors (Lipinski definition) is 1. The van der Waals surface area contributed by atoms with E-state index >= 15 is 0 Å². The van der Waals surface area contributed by atoms with Crippen LogP contribution in [-0.2, 0) is 9.53 Å². The van der Waals surface area contributed by atoms with E-state index in [4.69, 9.17) is 16.3 Å². The van der Waals surface area contributed by atoms with Crippen molar-refractivity contribution in [1.82, 2.24) is 5.32 Å². The highest BCUT2D eigenvalue weighted by atomic mass is 35.5. The van der Waals surface area contributed by atoms with Crippen molar-refractivity contribution in [3.05, 3.63) is 0 Å². The summed E-state index contributed by atoms with van der Waals surface area (Å²) in [5, 5.41) is 3.22. The molecule has 2 rings (SSSR count). The van der Waals surface area contributed by atoms with Gasteiger partial charge in [0.1, 0.15) is 5.60 Å². The Labute approximate surface area is 102 Å². The van der Waals surface area contributed by atoms with Crippen LogP contribution in [0, 0.1) is 5.92 Å². The Kier molecular flexibility index (Phi) is 3.75. The van der Waals surface area contributed by atoms with Gasteiger partial charge in [-0.05, 0) is 38.5 Å². The fourth-order valence-corrected chi connectivity index (χ4v) is 2.96. The Morgan fingerprint density at radius 3 is 2.88 bits per heavy atom. The molecule has 0 bridgehead atoms. The van der Waals surface area contributed by atoms with Crippen LogP contribution >= 0.6 is 11.6 Å². The van der Waals surface area contributed by atoms with E-state index in [2.05, 4.69) is 5.32 Å². The molecule has 16 heavy (non-hydrogen) atoms. The van der Waals surface area contributed by atoms with E-state index in [1.807, 2.05) is 6.92 Å². The zero-order valence-electron chi connectivity index (χ0n) is 9.80. The largest absolute Gasteiger partial charge is 0.365 e. The van der Waals surface area contributed by atoms with Crippen LogP contribution in [-0.4, -0.2) is 30.0 Å². The van der Waals surface area contributed by atoms with Gasteiger partial charge in [0.05, 0.1) is 0 Å². The molecular formula is C12H20ClNO2. The van der Waals surface area contributed by atoms with Crippen LogP contribution in [0.3, 0.4) is 0 Å². The lowest BCUT2D eigenvalue weighted by Crippen LogP contribution is -2.45. The number of amides is 1. The van der Waals surface area contributed by atoms with Gasteiger partial charge in [-0.25, -0.2) is 0 Å². The number of halogens is 1. The summed E-state index contributed by atoms with van der Waals surface area (Å²) in [6, 6.07) is 0. The average molecular weight is 246 g/mol. The number of hydrogen-bond acceptors (Lipinski definition) is 2. The zero-order chi connectivity index (χ0) is 11.6. The molecular weight excluding hydrogens is 226 g/mol. The molecule has 0 spiro atoms. The summed E-state index contributed by atoms with van der Waals surface area (Å²) < 4.78 is 5.50. The molecule has 1 N–H and O–H groups in total. The molecule has 2 aliphatic rings. The summed E-state index contributed by atoms with van der Waals surface area (Å²) in [6.07, 6.45) is 5.20. The van der Waals surface area contributed by atoms with Crippen molar-refractivity contribution in [2.75, 3.05) is 13.2 Å². The third-order valence-corrected chi connectivity index (χ3v) is 4.36.